The number of allylic oxidation sites excluding steroid dienone is 2. The molecule has 3 aromatic rings. The van der Waals surface area contributed by atoms with Gasteiger partial charge in [0.15, 0.2) is 0 Å². The first-order valence-electron chi connectivity index (χ1n) is 13.3. The van der Waals surface area contributed by atoms with E-state index in [1.807, 2.05) is 0 Å². The first-order valence-corrected chi connectivity index (χ1v) is 13.3. The average molecular weight is 571 g/mol. The minimum atomic E-state index is -0.528. The summed E-state index contributed by atoms with van der Waals surface area (Å²) >= 11 is 0. The number of benzene rings is 3. The van der Waals surface area contributed by atoms with Crippen LogP contribution in [-0.2, 0) is 9.47 Å². The van der Waals surface area contributed by atoms with Crippen LogP contribution in [0.15, 0.2) is 123 Å². The number of hydrogen-bond acceptors (Lipinski definition) is 8. The molecule has 0 bridgehead atoms. The Morgan fingerprint density at radius 1 is 0.524 bits per heavy atom. The monoisotopic (exact) mass is 570 g/mol. The third kappa shape index (κ3) is 10.7. The molecule has 0 unspecified atom stereocenters. The van der Waals surface area contributed by atoms with Crippen molar-refractivity contribution < 1.29 is 38.0 Å². The Morgan fingerprint density at radius 3 is 1.19 bits per heavy atom. The molecule has 8 heteroatoms. The first-order chi connectivity index (χ1) is 20.4. The van der Waals surface area contributed by atoms with Crippen molar-refractivity contribution in [3.63, 3.8) is 0 Å². The smallest absolute Gasteiger partial charge is 0.343 e. The maximum absolute atomic E-state index is 12.5. The summed E-state index contributed by atoms with van der Waals surface area (Å²) < 4.78 is 32.8. The van der Waals surface area contributed by atoms with Gasteiger partial charge in [0.2, 0.25) is 0 Å². The summed E-state index contributed by atoms with van der Waals surface area (Å²) in [4.78, 5) is 25.1. The third-order valence-electron chi connectivity index (χ3n) is 5.57. The van der Waals surface area contributed by atoms with Gasteiger partial charge in [-0.15, -0.1) is 0 Å². The molecule has 0 aliphatic heterocycles. The molecule has 0 aromatic heterocycles. The topological polar surface area (TPSA) is 89.5 Å². The third-order valence-corrected chi connectivity index (χ3v) is 5.57. The fourth-order valence-electron chi connectivity index (χ4n) is 3.30. The summed E-state index contributed by atoms with van der Waals surface area (Å²) in [7, 11) is 0. The first kappa shape index (κ1) is 31.3. The summed E-state index contributed by atoms with van der Waals surface area (Å²) in [5.74, 6) is 1.85. The van der Waals surface area contributed by atoms with Crippen LogP contribution >= 0.6 is 0 Å². The summed E-state index contributed by atoms with van der Waals surface area (Å²) in [6.45, 7) is 16.4. The standard InChI is InChI=1S/C34H34O8/c1-5-25(3)37-21-7-23-39-29-13-9-27(10-14-29)33(35)41-31-17-19-32(20-18-31)42-34(36)28-11-15-30(16-12-28)40-24-8-22-38-26(4)6-2/h5-6,9-20H,1-4,7-8,21-24H2. The fourth-order valence-corrected chi connectivity index (χ4v) is 3.30. The Morgan fingerprint density at radius 2 is 0.857 bits per heavy atom. The molecule has 0 fully saturated rings. The van der Waals surface area contributed by atoms with Gasteiger partial charge in [0.25, 0.3) is 0 Å². The summed E-state index contributed by atoms with van der Waals surface area (Å²) in [5, 5.41) is 0. The molecule has 8 nitrogen and oxygen atoms in total. The van der Waals surface area contributed by atoms with Crippen molar-refractivity contribution in [2.24, 2.45) is 0 Å². The maximum Gasteiger partial charge on any atom is 0.343 e. The van der Waals surface area contributed by atoms with E-state index in [0.29, 0.717) is 84.9 Å². The van der Waals surface area contributed by atoms with E-state index in [2.05, 4.69) is 26.3 Å². The number of carbonyl (C=O) groups is 2. The second-order valence-corrected chi connectivity index (χ2v) is 8.74. The molecule has 0 N–H and O–H groups in total. The molecule has 3 rings (SSSR count). The number of rotatable bonds is 18. The van der Waals surface area contributed by atoms with Gasteiger partial charge >= 0.3 is 11.9 Å². The van der Waals surface area contributed by atoms with Crippen molar-refractivity contribution in [3.05, 3.63) is 134 Å². The van der Waals surface area contributed by atoms with Crippen LogP contribution in [-0.4, -0.2) is 38.4 Å². The van der Waals surface area contributed by atoms with E-state index in [4.69, 9.17) is 28.4 Å². The second-order valence-electron chi connectivity index (χ2n) is 8.74. The van der Waals surface area contributed by atoms with Crippen LogP contribution in [0, 0.1) is 0 Å². The van der Waals surface area contributed by atoms with E-state index < -0.39 is 11.9 Å². The molecule has 0 saturated carbocycles. The van der Waals surface area contributed by atoms with E-state index in [1.165, 1.54) is 0 Å². The fraction of sp³-hybridized carbons (Fsp3) is 0.176. The predicted octanol–water partition coefficient (Wildman–Crippen LogP) is 7.10. The quantitative estimate of drug-likeness (QED) is 0.0526. The van der Waals surface area contributed by atoms with Gasteiger partial charge in [-0.3, -0.25) is 0 Å². The molecular formula is C34H34O8. The van der Waals surface area contributed by atoms with Crippen LogP contribution in [0.5, 0.6) is 23.0 Å². The highest BCUT2D eigenvalue weighted by Gasteiger charge is 2.12. The Hall–Kier alpha value is -5.24. The molecule has 3 aromatic carbocycles. The van der Waals surface area contributed by atoms with Crippen molar-refractivity contribution in [2.45, 2.75) is 12.8 Å². The molecule has 42 heavy (non-hydrogen) atoms. The van der Waals surface area contributed by atoms with Crippen molar-refractivity contribution in [1.29, 1.82) is 0 Å². The van der Waals surface area contributed by atoms with Gasteiger partial charge < -0.3 is 28.4 Å². The highest BCUT2D eigenvalue weighted by molar-refractivity contribution is 5.92. The number of carbonyl (C=O) groups excluding carboxylic acids is 2. The molecule has 218 valence electrons. The SMILES string of the molecule is C=CC(=C)OCCCOc1ccc(C(=O)Oc2ccc(OC(=O)c3ccc(OCCCOC(=C)C=C)cc3)cc2)cc1. The Balaban J connectivity index is 1.40. The van der Waals surface area contributed by atoms with Gasteiger partial charge in [0.1, 0.15) is 34.5 Å². The predicted molar refractivity (Wildman–Crippen MR) is 160 cm³/mol. The van der Waals surface area contributed by atoms with Gasteiger partial charge in [-0.25, -0.2) is 9.59 Å². The summed E-state index contributed by atoms with van der Waals surface area (Å²) in [6.07, 6.45) is 4.44. The highest BCUT2D eigenvalue weighted by Crippen LogP contribution is 2.21. The van der Waals surface area contributed by atoms with Crippen LogP contribution in [0.3, 0.4) is 0 Å². The maximum atomic E-state index is 12.5. The molecule has 0 aliphatic carbocycles. The van der Waals surface area contributed by atoms with Gasteiger partial charge in [0.05, 0.1) is 37.6 Å². The minimum Gasteiger partial charge on any atom is -0.494 e. The second kappa shape index (κ2) is 16.8. The number of ether oxygens (including phenoxy) is 6. The zero-order valence-electron chi connectivity index (χ0n) is 23.4. The zero-order valence-corrected chi connectivity index (χ0v) is 23.4. The molecule has 0 saturated heterocycles. The van der Waals surface area contributed by atoms with E-state index in [9.17, 15) is 9.59 Å². The van der Waals surface area contributed by atoms with Crippen molar-refractivity contribution in [3.8, 4) is 23.0 Å². The number of hydrogen-bond donors (Lipinski definition) is 0. The van der Waals surface area contributed by atoms with Crippen LogP contribution in [0.1, 0.15) is 33.6 Å². The van der Waals surface area contributed by atoms with E-state index in [-0.39, 0.29) is 0 Å². The minimum absolute atomic E-state index is 0.307. The largest absolute Gasteiger partial charge is 0.494 e. The van der Waals surface area contributed by atoms with Crippen LogP contribution in [0.25, 0.3) is 0 Å². The lowest BCUT2D eigenvalue weighted by atomic mass is 10.2. The lowest BCUT2D eigenvalue weighted by Crippen LogP contribution is -2.10. The highest BCUT2D eigenvalue weighted by atomic mass is 16.5. The molecule has 0 aliphatic rings. The van der Waals surface area contributed by atoms with Gasteiger partial charge in [-0.05, 0) is 84.9 Å². The average Bonchev–Trinajstić information content (AvgIpc) is 3.01. The van der Waals surface area contributed by atoms with Crippen molar-refractivity contribution in [2.75, 3.05) is 26.4 Å². The van der Waals surface area contributed by atoms with Gasteiger partial charge in [0, 0.05) is 12.8 Å². The van der Waals surface area contributed by atoms with E-state index >= 15 is 0 Å². The van der Waals surface area contributed by atoms with E-state index in [1.54, 1.807) is 84.9 Å². The van der Waals surface area contributed by atoms with Crippen LogP contribution < -0.4 is 18.9 Å². The van der Waals surface area contributed by atoms with Crippen LogP contribution in [0.2, 0.25) is 0 Å². The normalized spacial score (nSPS) is 10.1. The Labute approximate surface area is 246 Å². The van der Waals surface area contributed by atoms with Crippen molar-refractivity contribution in [1.82, 2.24) is 0 Å². The molecule has 0 atom stereocenters. The molecular weight excluding hydrogens is 536 g/mol. The lowest BCUT2D eigenvalue weighted by Gasteiger charge is -2.09. The Bertz CT molecular complexity index is 1250. The van der Waals surface area contributed by atoms with Gasteiger partial charge in [-0.1, -0.05) is 26.3 Å². The lowest BCUT2D eigenvalue weighted by molar-refractivity contribution is 0.0719. The van der Waals surface area contributed by atoms with Crippen molar-refractivity contribution >= 4 is 11.9 Å². The Kier molecular flexibility index (Phi) is 12.5. The number of esters is 2. The summed E-state index contributed by atoms with van der Waals surface area (Å²) in [5.41, 5.74) is 0.727. The van der Waals surface area contributed by atoms with E-state index in [0.717, 1.165) is 0 Å². The zero-order chi connectivity index (χ0) is 30.2. The molecule has 0 radical (unpaired) electrons. The molecule has 0 spiro atoms. The van der Waals surface area contributed by atoms with Crippen LogP contribution in [0.4, 0.5) is 0 Å². The summed E-state index contributed by atoms with van der Waals surface area (Å²) in [6, 6.07) is 19.5. The molecule has 0 amide bonds. The van der Waals surface area contributed by atoms with Gasteiger partial charge in [-0.2, -0.15) is 0 Å². The molecule has 0 heterocycles.